The number of fused-ring (bicyclic) bond motifs is 1. The number of carbonyl (C=O) groups is 1. The fourth-order valence-corrected chi connectivity index (χ4v) is 4.67. The quantitative estimate of drug-likeness (QED) is 0.657. The first kappa shape index (κ1) is 24.0. The van der Waals surface area contributed by atoms with E-state index in [4.69, 9.17) is 9.84 Å². The van der Waals surface area contributed by atoms with Crippen molar-refractivity contribution in [1.82, 2.24) is 14.6 Å². The number of aliphatic hydroxyl groups is 1. The molecular formula is C21H31N3O5S. The number of hydrogen-bond donors (Lipinski definition) is 2. The molecule has 2 rings (SSSR count). The maximum Gasteiger partial charge on any atom is 0.410 e. The van der Waals surface area contributed by atoms with Crippen LogP contribution < -0.4 is 4.72 Å². The van der Waals surface area contributed by atoms with Gasteiger partial charge in [0.05, 0.1) is 4.90 Å². The predicted octanol–water partition coefficient (Wildman–Crippen LogP) is 2.83. The Bertz CT molecular complexity index is 981. The van der Waals surface area contributed by atoms with Gasteiger partial charge in [-0.3, -0.25) is 4.98 Å². The van der Waals surface area contributed by atoms with Crippen LogP contribution in [0.15, 0.2) is 35.5 Å². The number of sulfonamides is 1. The summed E-state index contributed by atoms with van der Waals surface area (Å²) < 4.78 is 34.3. The monoisotopic (exact) mass is 437 g/mol. The third kappa shape index (κ3) is 6.38. The summed E-state index contributed by atoms with van der Waals surface area (Å²) in [6.45, 7) is 9.08. The van der Waals surface area contributed by atoms with Crippen molar-refractivity contribution in [3.63, 3.8) is 0 Å². The van der Waals surface area contributed by atoms with Crippen molar-refractivity contribution in [2.75, 3.05) is 19.7 Å². The molecule has 0 spiro atoms. The lowest BCUT2D eigenvalue weighted by molar-refractivity contribution is 0.0229. The van der Waals surface area contributed by atoms with E-state index in [1.165, 1.54) is 4.90 Å². The van der Waals surface area contributed by atoms with Crippen LogP contribution in [0.2, 0.25) is 0 Å². The zero-order chi connectivity index (χ0) is 22.5. The molecule has 0 radical (unpaired) electrons. The minimum Gasteiger partial charge on any atom is -0.444 e. The van der Waals surface area contributed by atoms with E-state index in [1.807, 2.05) is 13.0 Å². The molecule has 166 valence electrons. The normalized spacial score (nSPS) is 13.3. The van der Waals surface area contributed by atoms with Gasteiger partial charge in [0.15, 0.2) is 0 Å². The highest BCUT2D eigenvalue weighted by Crippen LogP contribution is 2.25. The SMILES string of the molecule is Cc1cncc2cccc(S(=O)(=O)N[C@H](C)CN(CCCO)C(=O)OC(C)(C)C)c12. The molecule has 2 N–H and O–H groups in total. The average Bonchev–Trinajstić information content (AvgIpc) is 2.63. The predicted molar refractivity (Wildman–Crippen MR) is 116 cm³/mol. The molecule has 0 bridgehead atoms. The highest BCUT2D eigenvalue weighted by molar-refractivity contribution is 7.89. The zero-order valence-corrected chi connectivity index (χ0v) is 19.0. The topological polar surface area (TPSA) is 109 Å². The largest absolute Gasteiger partial charge is 0.444 e. The Hall–Kier alpha value is -2.23. The Labute approximate surface area is 178 Å². The van der Waals surface area contributed by atoms with E-state index in [9.17, 15) is 13.2 Å². The van der Waals surface area contributed by atoms with Gasteiger partial charge in [-0.05, 0) is 52.7 Å². The zero-order valence-electron chi connectivity index (χ0n) is 18.2. The number of rotatable bonds is 8. The molecule has 0 aliphatic rings. The fraction of sp³-hybridized carbons (Fsp3) is 0.524. The minimum absolute atomic E-state index is 0.0806. The lowest BCUT2D eigenvalue weighted by atomic mass is 10.1. The van der Waals surface area contributed by atoms with Crippen molar-refractivity contribution in [2.45, 2.75) is 57.6 Å². The number of nitrogens with one attached hydrogen (secondary N) is 1. The molecule has 0 aliphatic carbocycles. The minimum atomic E-state index is -3.84. The maximum absolute atomic E-state index is 13.1. The molecule has 1 amide bonds. The number of carbonyl (C=O) groups excluding carboxylic acids is 1. The van der Waals surface area contributed by atoms with Gasteiger partial charge in [0.25, 0.3) is 0 Å². The molecule has 1 aromatic heterocycles. The van der Waals surface area contributed by atoms with Crippen LogP contribution in [0, 0.1) is 6.92 Å². The number of amides is 1. The second kappa shape index (κ2) is 9.72. The summed E-state index contributed by atoms with van der Waals surface area (Å²) in [4.78, 5) is 18.2. The summed E-state index contributed by atoms with van der Waals surface area (Å²) in [5.74, 6) is 0. The van der Waals surface area contributed by atoms with Gasteiger partial charge in [-0.2, -0.15) is 0 Å². The van der Waals surface area contributed by atoms with E-state index < -0.39 is 27.8 Å². The van der Waals surface area contributed by atoms with E-state index in [-0.39, 0.29) is 24.6 Å². The van der Waals surface area contributed by atoms with Gasteiger partial charge in [0.1, 0.15) is 5.60 Å². The third-order valence-electron chi connectivity index (χ3n) is 4.31. The van der Waals surface area contributed by atoms with Crippen LogP contribution in [-0.2, 0) is 14.8 Å². The van der Waals surface area contributed by atoms with Crippen molar-refractivity contribution in [3.8, 4) is 0 Å². The fourth-order valence-electron chi connectivity index (χ4n) is 3.14. The van der Waals surface area contributed by atoms with E-state index in [0.717, 1.165) is 10.9 Å². The van der Waals surface area contributed by atoms with Gasteiger partial charge < -0.3 is 14.7 Å². The Morgan fingerprint density at radius 3 is 2.63 bits per heavy atom. The Balaban J connectivity index is 2.22. The molecule has 0 saturated carbocycles. The lowest BCUT2D eigenvalue weighted by Crippen LogP contribution is -2.46. The smallest absolute Gasteiger partial charge is 0.410 e. The number of nitrogens with zero attached hydrogens (tertiary/aromatic N) is 2. The summed E-state index contributed by atoms with van der Waals surface area (Å²) in [6, 6.07) is 4.48. The number of aryl methyl sites for hydroxylation is 1. The molecule has 0 fully saturated rings. The summed E-state index contributed by atoms with van der Waals surface area (Å²) in [5.41, 5.74) is 0.0886. The van der Waals surface area contributed by atoms with Gasteiger partial charge in [-0.15, -0.1) is 0 Å². The number of hydrogen-bond acceptors (Lipinski definition) is 6. The number of aliphatic hydroxyl groups excluding tert-OH is 1. The Morgan fingerprint density at radius 2 is 2.00 bits per heavy atom. The van der Waals surface area contributed by atoms with Crippen molar-refractivity contribution in [3.05, 3.63) is 36.2 Å². The molecule has 9 heteroatoms. The lowest BCUT2D eigenvalue weighted by Gasteiger charge is -2.29. The van der Waals surface area contributed by atoms with Crippen molar-refractivity contribution in [1.29, 1.82) is 0 Å². The molecule has 1 heterocycles. The summed E-state index contributed by atoms with van der Waals surface area (Å²) in [7, 11) is -3.84. The summed E-state index contributed by atoms with van der Waals surface area (Å²) in [5, 5.41) is 10.5. The summed E-state index contributed by atoms with van der Waals surface area (Å²) in [6.07, 6.45) is 3.08. The van der Waals surface area contributed by atoms with Crippen LogP contribution in [0.5, 0.6) is 0 Å². The molecule has 0 unspecified atom stereocenters. The molecule has 2 aromatic rings. The molecular weight excluding hydrogens is 406 g/mol. The second-order valence-corrected chi connectivity index (χ2v) is 10.0. The van der Waals surface area contributed by atoms with Gasteiger partial charge >= 0.3 is 6.09 Å². The van der Waals surface area contributed by atoms with Gasteiger partial charge in [0, 0.05) is 48.9 Å². The van der Waals surface area contributed by atoms with Gasteiger partial charge in [-0.1, -0.05) is 12.1 Å². The van der Waals surface area contributed by atoms with E-state index in [0.29, 0.717) is 11.8 Å². The highest BCUT2D eigenvalue weighted by atomic mass is 32.2. The molecule has 8 nitrogen and oxygen atoms in total. The molecule has 1 aromatic carbocycles. The number of ether oxygens (including phenoxy) is 1. The molecule has 0 saturated heterocycles. The summed E-state index contributed by atoms with van der Waals surface area (Å²) >= 11 is 0. The maximum atomic E-state index is 13.1. The van der Waals surface area contributed by atoms with Gasteiger partial charge in [-0.25, -0.2) is 17.9 Å². The van der Waals surface area contributed by atoms with E-state index >= 15 is 0 Å². The van der Waals surface area contributed by atoms with Crippen LogP contribution in [0.3, 0.4) is 0 Å². The van der Waals surface area contributed by atoms with Crippen LogP contribution in [0.25, 0.3) is 10.8 Å². The highest BCUT2D eigenvalue weighted by Gasteiger charge is 2.26. The van der Waals surface area contributed by atoms with Crippen molar-refractivity contribution >= 4 is 26.9 Å². The third-order valence-corrected chi connectivity index (χ3v) is 5.94. The van der Waals surface area contributed by atoms with Crippen LogP contribution in [0.1, 0.15) is 39.7 Å². The van der Waals surface area contributed by atoms with Crippen LogP contribution in [-0.4, -0.2) is 60.8 Å². The van der Waals surface area contributed by atoms with E-state index in [1.54, 1.807) is 52.2 Å². The van der Waals surface area contributed by atoms with Crippen molar-refractivity contribution in [2.24, 2.45) is 0 Å². The first-order valence-electron chi connectivity index (χ1n) is 9.89. The first-order chi connectivity index (χ1) is 13.9. The van der Waals surface area contributed by atoms with Gasteiger partial charge in [0.2, 0.25) is 10.0 Å². The second-order valence-electron chi connectivity index (χ2n) is 8.34. The number of aromatic nitrogens is 1. The molecule has 30 heavy (non-hydrogen) atoms. The number of benzene rings is 1. The number of pyridine rings is 1. The van der Waals surface area contributed by atoms with Crippen molar-refractivity contribution < 1.29 is 23.1 Å². The standard InChI is InChI=1S/C21H31N3O5S/c1-15-12-22-13-17-8-6-9-18(19(15)17)30(27,28)23-16(2)14-24(10-7-11-25)20(26)29-21(3,4)5/h6,8-9,12-13,16,23,25H,7,10-11,14H2,1-5H3/t16-/m1/s1. The molecule has 1 atom stereocenters. The van der Waals surface area contributed by atoms with E-state index in [2.05, 4.69) is 9.71 Å². The average molecular weight is 438 g/mol. The van der Waals surface area contributed by atoms with Crippen LogP contribution in [0.4, 0.5) is 4.79 Å². The molecule has 0 aliphatic heterocycles. The van der Waals surface area contributed by atoms with Crippen LogP contribution >= 0.6 is 0 Å². The Morgan fingerprint density at radius 1 is 1.30 bits per heavy atom. The Kier molecular flexibility index (Phi) is 7.79. The first-order valence-corrected chi connectivity index (χ1v) is 11.4.